The summed E-state index contributed by atoms with van der Waals surface area (Å²) in [4.78, 5) is 4.35. The summed E-state index contributed by atoms with van der Waals surface area (Å²) >= 11 is 11.9. The number of aromatic hydroxyl groups is 1. The van der Waals surface area contributed by atoms with Crippen LogP contribution in [0.25, 0.3) is 22.8 Å². The number of nitrogens with zero attached hydrogens (tertiary/aromatic N) is 2. The SMILES string of the molecule is Cc1cc(O)ccc1-c1nc(-c2cc(Cl)cc(Cl)c2)no1. The first-order valence-electron chi connectivity index (χ1n) is 6.13. The molecule has 3 rings (SSSR count). The van der Waals surface area contributed by atoms with Gasteiger partial charge in [-0.1, -0.05) is 28.4 Å². The number of hydrogen-bond donors (Lipinski definition) is 1. The van der Waals surface area contributed by atoms with E-state index in [1.807, 2.05) is 6.92 Å². The fraction of sp³-hybridized carbons (Fsp3) is 0.0667. The van der Waals surface area contributed by atoms with Crippen LogP contribution in [0.2, 0.25) is 10.0 Å². The number of phenols is 1. The topological polar surface area (TPSA) is 59.2 Å². The molecule has 1 N–H and O–H groups in total. The molecule has 2 aromatic carbocycles. The van der Waals surface area contributed by atoms with E-state index in [4.69, 9.17) is 27.7 Å². The fourth-order valence-electron chi connectivity index (χ4n) is 2.02. The van der Waals surface area contributed by atoms with E-state index in [0.717, 1.165) is 11.1 Å². The Hall–Kier alpha value is -2.04. The van der Waals surface area contributed by atoms with E-state index in [9.17, 15) is 5.11 Å². The highest BCUT2D eigenvalue weighted by Crippen LogP contribution is 2.29. The van der Waals surface area contributed by atoms with Gasteiger partial charge in [-0.05, 0) is 48.9 Å². The van der Waals surface area contributed by atoms with E-state index in [1.165, 1.54) is 0 Å². The van der Waals surface area contributed by atoms with Gasteiger partial charge in [0, 0.05) is 21.2 Å². The second-order valence-electron chi connectivity index (χ2n) is 4.58. The summed E-state index contributed by atoms with van der Waals surface area (Å²) in [5.41, 5.74) is 2.29. The first-order chi connectivity index (χ1) is 10.0. The van der Waals surface area contributed by atoms with E-state index in [0.29, 0.717) is 27.3 Å². The van der Waals surface area contributed by atoms with Crippen molar-refractivity contribution in [1.29, 1.82) is 0 Å². The lowest BCUT2D eigenvalue weighted by molar-refractivity contribution is 0.432. The fourth-order valence-corrected chi connectivity index (χ4v) is 2.55. The maximum absolute atomic E-state index is 9.43. The number of aromatic nitrogens is 2. The van der Waals surface area contributed by atoms with Crippen molar-refractivity contribution in [2.24, 2.45) is 0 Å². The Morgan fingerprint density at radius 2 is 1.76 bits per heavy atom. The molecule has 0 saturated carbocycles. The van der Waals surface area contributed by atoms with Gasteiger partial charge < -0.3 is 9.63 Å². The summed E-state index contributed by atoms with van der Waals surface area (Å²) in [5, 5.41) is 14.4. The van der Waals surface area contributed by atoms with E-state index in [2.05, 4.69) is 10.1 Å². The first-order valence-corrected chi connectivity index (χ1v) is 6.89. The van der Waals surface area contributed by atoms with Crippen LogP contribution in [0.3, 0.4) is 0 Å². The smallest absolute Gasteiger partial charge is 0.258 e. The molecule has 4 nitrogen and oxygen atoms in total. The molecule has 0 atom stereocenters. The van der Waals surface area contributed by atoms with Crippen LogP contribution >= 0.6 is 23.2 Å². The summed E-state index contributed by atoms with van der Waals surface area (Å²) in [6.45, 7) is 1.86. The minimum atomic E-state index is 0.192. The molecular weight excluding hydrogens is 311 g/mol. The molecule has 0 unspecified atom stereocenters. The molecule has 0 aliphatic heterocycles. The van der Waals surface area contributed by atoms with Gasteiger partial charge >= 0.3 is 0 Å². The molecule has 106 valence electrons. The van der Waals surface area contributed by atoms with Crippen molar-refractivity contribution in [3.63, 3.8) is 0 Å². The molecule has 6 heteroatoms. The van der Waals surface area contributed by atoms with E-state index >= 15 is 0 Å². The molecule has 0 fully saturated rings. The lowest BCUT2D eigenvalue weighted by Gasteiger charge is -2.00. The van der Waals surface area contributed by atoms with Crippen molar-refractivity contribution < 1.29 is 9.63 Å². The van der Waals surface area contributed by atoms with Gasteiger partial charge in [-0.25, -0.2) is 0 Å². The first kappa shape index (κ1) is 13.9. The third-order valence-electron chi connectivity index (χ3n) is 2.99. The number of halogens is 2. The highest BCUT2D eigenvalue weighted by molar-refractivity contribution is 6.35. The van der Waals surface area contributed by atoms with Gasteiger partial charge in [0.1, 0.15) is 5.75 Å². The number of hydrogen-bond acceptors (Lipinski definition) is 4. The van der Waals surface area contributed by atoms with Gasteiger partial charge in [0.15, 0.2) is 0 Å². The predicted molar refractivity (Wildman–Crippen MR) is 81.6 cm³/mol. The van der Waals surface area contributed by atoms with Gasteiger partial charge in [0.2, 0.25) is 5.82 Å². The quantitative estimate of drug-likeness (QED) is 0.741. The summed E-state index contributed by atoms with van der Waals surface area (Å²) in [7, 11) is 0. The molecule has 0 spiro atoms. The van der Waals surface area contributed by atoms with Crippen molar-refractivity contribution in [1.82, 2.24) is 10.1 Å². The lowest BCUT2D eigenvalue weighted by Crippen LogP contribution is -1.84. The monoisotopic (exact) mass is 320 g/mol. The van der Waals surface area contributed by atoms with Crippen LogP contribution in [0.15, 0.2) is 40.9 Å². The van der Waals surface area contributed by atoms with Crippen molar-refractivity contribution in [3.05, 3.63) is 52.0 Å². The van der Waals surface area contributed by atoms with Crippen LogP contribution in [0, 0.1) is 6.92 Å². The average Bonchev–Trinajstić information content (AvgIpc) is 2.87. The van der Waals surface area contributed by atoms with Crippen LogP contribution in [0.1, 0.15) is 5.56 Å². The Morgan fingerprint density at radius 3 is 2.43 bits per heavy atom. The van der Waals surface area contributed by atoms with Crippen LogP contribution in [-0.4, -0.2) is 15.2 Å². The molecule has 0 amide bonds. The van der Waals surface area contributed by atoms with Crippen molar-refractivity contribution in [2.75, 3.05) is 0 Å². The molecule has 0 bridgehead atoms. The van der Waals surface area contributed by atoms with E-state index in [1.54, 1.807) is 36.4 Å². The minimum absolute atomic E-state index is 0.192. The largest absolute Gasteiger partial charge is 0.508 e. The normalized spacial score (nSPS) is 10.8. The third kappa shape index (κ3) is 2.86. The van der Waals surface area contributed by atoms with Gasteiger partial charge in [0.05, 0.1) is 0 Å². The number of phenolic OH excluding ortho intramolecular Hbond substituents is 1. The Bertz CT molecular complexity index is 795. The van der Waals surface area contributed by atoms with Crippen molar-refractivity contribution in [3.8, 4) is 28.6 Å². The maximum Gasteiger partial charge on any atom is 0.258 e. The van der Waals surface area contributed by atoms with Gasteiger partial charge in [-0.3, -0.25) is 0 Å². The average molecular weight is 321 g/mol. The number of benzene rings is 2. The summed E-state index contributed by atoms with van der Waals surface area (Å²) in [6, 6.07) is 10.0. The second-order valence-corrected chi connectivity index (χ2v) is 5.45. The molecule has 0 radical (unpaired) electrons. The van der Waals surface area contributed by atoms with E-state index in [-0.39, 0.29) is 5.75 Å². The second kappa shape index (κ2) is 5.39. The van der Waals surface area contributed by atoms with Crippen LogP contribution in [0.5, 0.6) is 5.75 Å². The van der Waals surface area contributed by atoms with Crippen molar-refractivity contribution in [2.45, 2.75) is 6.92 Å². The zero-order valence-corrected chi connectivity index (χ0v) is 12.5. The molecule has 1 aromatic heterocycles. The minimum Gasteiger partial charge on any atom is -0.508 e. The summed E-state index contributed by atoms with van der Waals surface area (Å²) in [6.07, 6.45) is 0. The molecule has 1 heterocycles. The van der Waals surface area contributed by atoms with Crippen molar-refractivity contribution >= 4 is 23.2 Å². The third-order valence-corrected chi connectivity index (χ3v) is 3.42. The highest BCUT2D eigenvalue weighted by Gasteiger charge is 2.13. The Balaban J connectivity index is 2.03. The predicted octanol–water partition coefficient (Wildman–Crippen LogP) is 4.72. The molecule has 0 aliphatic rings. The molecule has 0 saturated heterocycles. The Morgan fingerprint density at radius 1 is 1.05 bits per heavy atom. The molecule has 21 heavy (non-hydrogen) atoms. The number of aryl methyl sites for hydroxylation is 1. The van der Waals surface area contributed by atoms with Crippen LogP contribution in [-0.2, 0) is 0 Å². The zero-order valence-electron chi connectivity index (χ0n) is 11.0. The van der Waals surface area contributed by atoms with Crippen LogP contribution in [0.4, 0.5) is 0 Å². The van der Waals surface area contributed by atoms with Gasteiger partial charge in [-0.15, -0.1) is 0 Å². The van der Waals surface area contributed by atoms with Gasteiger partial charge in [0.25, 0.3) is 5.89 Å². The van der Waals surface area contributed by atoms with Crippen LogP contribution < -0.4 is 0 Å². The molecular formula is C15H10Cl2N2O2. The number of rotatable bonds is 2. The standard InChI is InChI=1S/C15H10Cl2N2O2/c1-8-4-12(20)2-3-13(8)15-18-14(19-21-15)9-5-10(16)7-11(17)6-9/h2-7,20H,1H3. The highest BCUT2D eigenvalue weighted by atomic mass is 35.5. The van der Waals surface area contributed by atoms with E-state index < -0.39 is 0 Å². The summed E-state index contributed by atoms with van der Waals surface area (Å²) < 4.78 is 5.28. The zero-order chi connectivity index (χ0) is 15.0. The van der Waals surface area contributed by atoms with Gasteiger partial charge in [-0.2, -0.15) is 4.98 Å². The lowest BCUT2D eigenvalue weighted by atomic mass is 10.1. The molecule has 0 aliphatic carbocycles. The maximum atomic E-state index is 9.43. The Labute approximate surface area is 130 Å². The summed E-state index contributed by atoms with van der Waals surface area (Å²) in [5.74, 6) is 0.970. The Kier molecular flexibility index (Phi) is 3.57. The molecule has 3 aromatic rings.